The van der Waals surface area contributed by atoms with Crippen molar-refractivity contribution in [3.8, 4) is 0 Å². The van der Waals surface area contributed by atoms with Crippen molar-refractivity contribution in [1.82, 2.24) is 4.90 Å². The number of nitrogens with zero attached hydrogens (tertiary/aromatic N) is 2. The Morgan fingerprint density at radius 1 is 1.23 bits per heavy atom. The summed E-state index contributed by atoms with van der Waals surface area (Å²) in [4.78, 5) is 27.1. The van der Waals surface area contributed by atoms with Crippen molar-refractivity contribution in [1.29, 1.82) is 0 Å². The zero-order chi connectivity index (χ0) is 16.1. The molecule has 2 amide bonds. The number of carbonyl (C=O) groups is 2. The molecule has 1 heterocycles. The summed E-state index contributed by atoms with van der Waals surface area (Å²) in [5.41, 5.74) is 1.58. The van der Waals surface area contributed by atoms with Crippen LogP contribution >= 0.6 is 0 Å². The number of amides is 2. The summed E-state index contributed by atoms with van der Waals surface area (Å²) in [5.74, 6) is 0.767. The molecule has 1 saturated heterocycles. The second kappa shape index (κ2) is 7.40. The third kappa shape index (κ3) is 4.56. The fourth-order valence-electron chi connectivity index (χ4n) is 2.57. The highest BCUT2D eigenvalue weighted by molar-refractivity contribution is 5.93. The zero-order valence-corrected chi connectivity index (χ0v) is 13.6. The standard InChI is InChI=1S/C17H25N3O2/c1-13-8-10-20(11-9-13)12-17(22)18-15-4-6-16(7-5-15)19(3)14(2)21/h4-7,13H,8-12H2,1-3H3,(H,18,22). The fraction of sp³-hybridized carbons (Fsp3) is 0.529. The van der Waals surface area contributed by atoms with Crippen molar-refractivity contribution >= 4 is 23.2 Å². The molecule has 0 saturated carbocycles. The van der Waals surface area contributed by atoms with E-state index in [0.717, 1.165) is 30.4 Å². The van der Waals surface area contributed by atoms with Crippen LogP contribution in [-0.2, 0) is 9.59 Å². The van der Waals surface area contributed by atoms with Crippen LogP contribution < -0.4 is 10.2 Å². The predicted molar refractivity (Wildman–Crippen MR) is 89.0 cm³/mol. The molecule has 0 aromatic heterocycles. The Labute approximate surface area is 132 Å². The van der Waals surface area contributed by atoms with Gasteiger partial charge >= 0.3 is 0 Å². The van der Waals surface area contributed by atoms with E-state index in [4.69, 9.17) is 0 Å². The summed E-state index contributed by atoms with van der Waals surface area (Å²) in [6, 6.07) is 7.31. The molecular formula is C17H25N3O2. The van der Waals surface area contributed by atoms with Gasteiger partial charge in [0.2, 0.25) is 11.8 Å². The van der Waals surface area contributed by atoms with Crippen LogP contribution in [0.1, 0.15) is 26.7 Å². The Hall–Kier alpha value is -1.88. The van der Waals surface area contributed by atoms with E-state index in [9.17, 15) is 9.59 Å². The number of anilines is 2. The number of piperidine rings is 1. The molecule has 1 fully saturated rings. The maximum atomic E-state index is 12.1. The number of likely N-dealkylation sites (tertiary alicyclic amines) is 1. The van der Waals surface area contributed by atoms with Gasteiger partial charge in [-0.25, -0.2) is 0 Å². The molecule has 120 valence electrons. The van der Waals surface area contributed by atoms with E-state index in [0.29, 0.717) is 6.54 Å². The molecule has 1 aliphatic heterocycles. The topological polar surface area (TPSA) is 52.7 Å². The smallest absolute Gasteiger partial charge is 0.238 e. The Bertz CT molecular complexity index is 519. The first-order valence-corrected chi connectivity index (χ1v) is 7.82. The molecule has 0 aliphatic carbocycles. The quantitative estimate of drug-likeness (QED) is 0.929. The van der Waals surface area contributed by atoms with Gasteiger partial charge in [0.05, 0.1) is 6.54 Å². The molecule has 1 N–H and O–H groups in total. The highest BCUT2D eigenvalue weighted by Crippen LogP contribution is 2.18. The van der Waals surface area contributed by atoms with Crippen LogP contribution in [0.4, 0.5) is 11.4 Å². The highest BCUT2D eigenvalue weighted by Gasteiger charge is 2.17. The summed E-state index contributed by atoms with van der Waals surface area (Å²) in [6.45, 7) is 6.22. The molecule has 0 bridgehead atoms. The van der Waals surface area contributed by atoms with Gasteiger partial charge in [-0.05, 0) is 56.1 Å². The van der Waals surface area contributed by atoms with Gasteiger partial charge in [0, 0.05) is 25.3 Å². The molecule has 0 spiro atoms. The van der Waals surface area contributed by atoms with Crippen LogP contribution in [0.15, 0.2) is 24.3 Å². The first kappa shape index (κ1) is 16.5. The summed E-state index contributed by atoms with van der Waals surface area (Å²) < 4.78 is 0. The number of rotatable bonds is 4. The maximum absolute atomic E-state index is 12.1. The number of nitrogens with one attached hydrogen (secondary N) is 1. The molecule has 2 rings (SSSR count). The van der Waals surface area contributed by atoms with Crippen LogP contribution in [0.2, 0.25) is 0 Å². The molecular weight excluding hydrogens is 278 g/mol. The van der Waals surface area contributed by atoms with Gasteiger partial charge in [0.1, 0.15) is 0 Å². The summed E-state index contributed by atoms with van der Waals surface area (Å²) >= 11 is 0. The van der Waals surface area contributed by atoms with Crippen molar-refractivity contribution in [2.45, 2.75) is 26.7 Å². The molecule has 22 heavy (non-hydrogen) atoms. The Balaban J connectivity index is 1.85. The molecule has 1 aromatic rings. The largest absolute Gasteiger partial charge is 0.325 e. The van der Waals surface area contributed by atoms with Gasteiger partial charge < -0.3 is 10.2 Å². The first-order valence-electron chi connectivity index (χ1n) is 7.82. The van der Waals surface area contributed by atoms with E-state index in [1.54, 1.807) is 11.9 Å². The lowest BCUT2D eigenvalue weighted by Gasteiger charge is -2.29. The van der Waals surface area contributed by atoms with Gasteiger partial charge in [0.25, 0.3) is 0 Å². The average molecular weight is 303 g/mol. The number of hydrogen-bond acceptors (Lipinski definition) is 3. The minimum atomic E-state index is -0.0175. The van der Waals surface area contributed by atoms with Crippen molar-refractivity contribution in [3.63, 3.8) is 0 Å². The first-order chi connectivity index (χ1) is 10.5. The van der Waals surface area contributed by atoms with Crippen LogP contribution in [0.25, 0.3) is 0 Å². The lowest BCUT2D eigenvalue weighted by atomic mass is 9.99. The third-order valence-corrected chi connectivity index (χ3v) is 4.25. The van der Waals surface area contributed by atoms with Gasteiger partial charge in [0.15, 0.2) is 0 Å². The summed E-state index contributed by atoms with van der Waals surface area (Å²) in [7, 11) is 1.73. The van der Waals surface area contributed by atoms with Gasteiger partial charge in [-0.15, -0.1) is 0 Å². The van der Waals surface area contributed by atoms with Gasteiger partial charge in [-0.1, -0.05) is 6.92 Å². The minimum Gasteiger partial charge on any atom is -0.325 e. The predicted octanol–water partition coefficient (Wildman–Crippen LogP) is 2.34. The molecule has 5 nitrogen and oxygen atoms in total. The molecule has 5 heteroatoms. The summed E-state index contributed by atoms with van der Waals surface area (Å²) in [6.07, 6.45) is 2.33. The normalized spacial score (nSPS) is 16.3. The van der Waals surface area contributed by atoms with Crippen LogP contribution in [-0.4, -0.2) is 43.4 Å². The zero-order valence-electron chi connectivity index (χ0n) is 13.6. The second-order valence-corrected chi connectivity index (χ2v) is 6.13. The van der Waals surface area contributed by atoms with Crippen molar-refractivity contribution in [3.05, 3.63) is 24.3 Å². The van der Waals surface area contributed by atoms with E-state index in [1.165, 1.54) is 19.8 Å². The Morgan fingerprint density at radius 2 is 1.82 bits per heavy atom. The van der Waals surface area contributed by atoms with Gasteiger partial charge in [-0.3, -0.25) is 14.5 Å². The third-order valence-electron chi connectivity index (χ3n) is 4.25. The second-order valence-electron chi connectivity index (χ2n) is 6.13. The fourth-order valence-corrected chi connectivity index (χ4v) is 2.57. The van der Waals surface area contributed by atoms with Crippen LogP contribution in [0.3, 0.4) is 0 Å². The Morgan fingerprint density at radius 3 is 2.36 bits per heavy atom. The van der Waals surface area contributed by atoms with Crippen LogP contribution in [0, 0.1) is 5.92 Å². The van der Waals surface area contributed by atoms with E-state index < -0.39 is 0 Å². The molecule has 0 unspecified atom stereocenters. The minimum absolute atomic E-state index is 0.0159. The molecule has 1 aromatic carbocycles. The molecule has 1 aliphatic rings. The van der Waals surface area contributed by atoms with E-state index in [1.807, 2.05) is 24.3 Å². The van der Waals surface area contributed by atoms with E-state index >= 15 is 0 Å². The lowest BCUT2D eigenvalue weighted by molar-refractivity contribution is -0.118. The highest BCUT2D eigenvalue weighted by atomic mass is 16.2. The van der Waals surface area contributed by atoms with E-state index in [2.05, 4.69) is 17.1 Å². The average Bonchev–Trinajstić information content (AvgIpc) is 2.49. The van der Waals surface area contributed by atoms with Crippen molar-refractivity contribution in [2.75, 3.05) is 36.9 Å². The number of carbonyl (C=O) groups excluding carboxylic acids is 2. The monoisotopic (exact) mass is 303 g/mol. The molecule has 0 atom stereocenters. The van der Waals surface area contributed by atoms with Crippen LogP contribution in [0.5, 0.6) is 0 Å². The SMILES string of the molecule is CC(=O)N(C)c1ccc(NC(=O)CN2CCC(C)CC2)cc1. The lowest BCUT2D eigenvalue weighted by Crippen LogP contribution is -2.38. The Kier molecular flexibility index (Phi) is 5.55. The number of hydrogen-bond donors (Lipinski definition) is 1. The summed E-state index contributed by atoms with van der Waals surface area (Å²) in [5, 5.41) is 2.91. The molecule has 0 radical (unpaired) electrons. The van der Waals surface area contributed by atoms with Crippen molar-refractivity contribution < 1.29 is 9.59 Å². The number of benzene rings is 1. The maximum Gasteiger partial charge on any atom is 0.238 e. The van der Waals surface area contributed by atoms with Crippen molar-refractivity contribution in [2.24, 2.45) is 5.92 Å². The van der Waals surface area contributed by atoms with E-state index in [-0.39, 0.29) is 11.8 Å². The van der Waals surface area contributed by atoms with Gasteiger partial charge in [-0.2, -0.15) is 0 Å².